The van der Waals surface area contributed by atoms with E-state index in [4.69, 9.17) is 9.47 Å². The maximum Gasteiger partial charge on any atom is 0.347 e. The van der Waals surface area contributed by atoms with Gasteiger partial charge < -0.3 is 14.2 Å². The van der Waals surface area contributed by atoms with Crippen molar-refractivity contribution in [3.63, 3.8) is 0 Å². The third-order valence-corrected chi connectivity index (χ3v) is 6.49. The van der Waals surface area contributed by atoms with Gasteiger partial charge >= 0.3 is 11.9 Å². The number of hydrogen-bond donors (Lipinski definition) is 0. The number of carbonyl (C=O) groups excluding carboxylic acids is 4. The molecule has 0 amide bonds. The molecule has 0 saturated heterocycles. The Morgan fingerprint density at radius 3 is 2.08 bits per heavy atom. The minimum Gasteiger partial charge on any atom is -0.489 e. The molecule has 0 N–H and O–H groups in total. The fraction of sp³-hybridized carbons (Fsp3) is 0.0968. The number of rotatable bonds is 7. The van der Waals surface area contributed by atoms with Crippen molar-refractivity contribution in [2.75, 3.05) is 0 Å². The molecule has 0 saturated carbocycles. The first-order valence-corrected chi connectivity index (χ1v) is 12.0. The highest BCUT2D eigenvalue weighted by Gasteiger charge is 2.30. The molecule has 4 aromatic rings. The van der Waals surface area contributed by atoms with Gasteiger partial charge in [0.1, 0.15) is 23.9 Å². The van der Waals surface area contributed by atoms with Crippen LogP contribution in [0.2, 0.25) is 0 Å². The first-order valence-electron chi connectivity index (χ1n) is 12.0. The Bertz CT molecular complexity index is 1630. The molecule has 1 heterocycles. The highest BCUT2D eigenvalue weighted by Crippen LogP contribution is 2.29. The van der Waals surface area contributed by atoms with Crippen LogP contribution < -0.4 is 9.47 Å². The summed E-state index contributed by atoms with van der Waals surface area (Å²) in [6.45, 7) is 0.335. The molecule has 0 spiro atoms. The van der Waals surface area contributed by atoms with Gasteiger partial charge in [-0.3, -0.25) is 9.59 Å². The molecular weight excluding hydrogens is 484 g/mol. The van der Waals surface area contributed by atoms with Crippen molar-refractivity contribution in [2.24, 2.45) is 0 Å². The van der Waals surface area contributed by atoms with E-state index in [0.29, 0.717) is 41.4 Å². The van der Waals surface area contributed by atoms with E-state index < -0.39 is 11.9 Å². The quantitative estimate of drug-likeness (QED) is 0.234. The number of Topliss-reactive ketones (excluding diaryl/α,β-unsaturated/α-hetero) is 2. The van der Waals surface area contributed by atoms with E-state index in [9.17, 15) is 19.2 Å². The minimum atomic E-state index is -0.669. The minimum absolute atomic E-state index is 0.0689. The maximum absolute atomic E-state index is 12.0. The maximum atomic E-state index is 12.0. The van der Waals surface area contributed by atoms with Crippen LogP contribution >= 0.6 is 0 Å². The monoisotopic (exact) mass is 504 g/mol. The molecule has 0 aromatic heterocycles. The van der Waals surface area contributed by atoms with Crippen LogP contribution in [0.4, 0.5) is 0 Å². The fourth-order valence-corrected chi connectivity index (χ4v) is 4.59. The van der Waals surface area contributed by atoms with E-state index in [1.54, 1.807) is 24.3 Å². The first kappa shape index (κ1) is 23.4. The molecule has 0 bridgehead atoms. The Kier molecular flexibility index (Phi) is 5.81. The van der Waals surface area contributed by atoms with E-state index in [2.05, 4.69) is 10.8 Å². The van der Waals surface area contributed by atoms with Gasteiger partial charge in [-0.1, -0.05) is 36.4 Å². The van der Waals surface area contributed by atoms with Crippen LogP contribution in [-0.2, 0) is 17.8 Å². The van der Waals surface area contributed by atoms with Crippen LogP contribution in [0.15, 0.2) is 84.9 Å². The zero-order valence-corrected chi connectivity index (χ0v) is 20.1. The van der Waals surface area contributed by atoms with Gasteiger partial charge in [0.15, 0.2) is 11.6 Å². The van der Waals surface area contributed by atoms with Crippen molar-refractivity contribution in [3.8, 4) is 17.2 Å². The molecule has 2 aliphatic rings. The summed E-state index contributed by atoms with van der Waals surface area (Å²) in [5.41, 5.74) is 4.52. The second-order valence-corrected chi connectivity index (χ2v) is 9.15. The van der Waals surface area contributed by atoms with E-state index in [1.807, 2.05) is 42.5 Å². The number of cyclic esters (lactones) is 2. The van der Waals surface area contributed by atoms with E-state index in [0.717, 1.165) is 16.7 Å². The summed E-state index contributed by atoms with van der Waals surface area (Å²) in [6.07, 6.45) is 0.636. The Balaban J connectivity index is 1.08. The number of carbonyl (C=O) groups is 4. The summed E-state index contributed by atoms with van der Waals surface area (Å²) >= 11 is 0. The zero-order chi connectivity index (χ0) is 26.2. The first-order chi connectivity index (χ1) is 18.4. The number of hydrogen-bond acceptors (Lipinski definition) is 7. The van der Waals surface area contributed by atoms with Crippen LogP contribution in [0, 0.1) is 0 Å². The van der Waals surface area contributed by atoms with Gasteiger partial charge in [-0.15, -0.1) is 0 Å². The number of ether oxygens (including phenoxy) is 3. The predicted octanol–water partition coefficient (Wildman–Crippen LogP) is 5.73. The number of ketones is 2. The fourth-order valence-electron chi connectivity index (χ4n) is 4.59. The molecule has 6 rings (SSSR count). The summed E-state index contributed by atoms with van der Waals surface area (Å²) < 4.78 is 16.4. The van der Waals surface area contributed by atoms with Gasteiger partial charge in [-0.25, -0.2) is 9.59 Å². The molecule has 186 valence electrons. The van der Waals surface area contributed by atoms with Crippen LogP contribution in [-0.4, -0.2) is 23.5 Å². The van der Waals surface area contributed by atoms with Crippen molar-refractivity contribution in [1.82, 2.24) is 0 Å². The molecule has 0 atom stereocenters. The van der Waals surface area contributed by atoms with Gasteiger partial charge in [0.2, 0.25) is 0 Å². The molecule has 7 heteroatoms. The molecule has 1 aliphatic carbocycles. The van der Waals surface area contributed by atoms with Gasteiger partial charge in [0.05, 0.1) is 17.5 Å². The Labute approximate surface area is 217 Å². The standard InChI is InChI=1S/C31H20O7/c32-28-16-29(33)26-14-22(8-10-24(26)28)36-17-20-3-1-2-19(13-20)12-18-4-6-21(7-5-18)37-23-9-11-25-27(15-23)31(35)38-30(25)34/h1-11,13-15H,12,16-17H2. The van der Waals surface area contributed by atoms with Crippen molar-refractivity contribution >= 4 is 23.5 Å². The summed E-state index contributed by atoms with van der Waals surface area (Å²) in [4.78, 5) is 47.2. The molecular formula is C31H20O7. The Morgan fingerprint density at radius 2 is 1.24 bits per heavy atom. The normalized spacial score (nSPS) is 13.8. The van der Waals surface area contributed by atoms with Crippen LogP contribution in [0.3, 0.4) is 0 Å². The topological polar surface area (TPSA) is 96.0 Å². The largest absolute Gasteiger partial charge is 0.489 e. The molecule has 38 heavy (non-hydrogen) atoms. The second-order valence-electron chi connectivity index (χ2n) is 9.15. The van der Waals surface area contributed by atoms with E-state index in [1.165, 1.54) is 12.1 Å². The Morgan fingerprint density at radius 1 is 0.579 bits per heavy atom. The third-order valence-electron chi connectivity index (χ3n) is 6.49. The summed E-state index contributed by atoms with van der Waals surface area (Å²) in [5, 5.41) is 0. The second kappa shape index (κ2) is 9.44. The molecule has 7 nitrogen and oxygen atoms in total. The van der Waals surface area contributed by atoms with Gasteiger partial charge in [-0.2, -0.15) is 0 Å². The van der Waals surface area contributed by atoms with Gasteiger partial charge in [0, 0.05) is 11.1 Å². The molecule has 0 radical (unpaired) electrons. The zero-order valence-electron chi connectivity index (χ0n) is 20.1. The van der Waals surface area contributed by atoms with Crippen molar-refractivity contribution in [2.45, 2.75) is 19.4 Å². The van der Waals surface area contributed by atoms with E-state index >= 15 is 0 Å². The lowest BCUT2D eigenvalue weighted by Crippen LogP contribution is -1.99. The lowest BCUT2D eigenvalue weighted by molar-refractivity contribution is 0.0443. The Hall–Kier alpha value is -5.04. The summed E-state index contributed by atoms with van der Waals surface area (Å²) in [5.74, 6) is -0.0251. The smallest absolute Gasteiger partial charge is 0.347 e. The molecule has 4 aromatic carbocycles. The average Bonchev–Trinajstić information content (AvgIpc) is 3.37. The summed E-state index contributed by atoms with van der Waals surface area (Å²) in [6, 6.07) is 25.3. The van der Waals surface area contributed by atoms with Gasteiger partial charge in [-0.05, 0) is 71.6 Å². The summed E-state index contributed by atoms with van der Waals surface area (Å²) in [7, 11) is 0. The highest BCUT2D eigenvalue weighted by molar-refractivity contribution is 6.24. The average molecular weight is 504 g/mol. The number of esters is 2. The van der Waals surface area contributed by atoms with Gasteiger partial charge in [0.25, 0.3) is 0 Å². The van der Waals surface area contributed by atoms with Crippen molar-refractivity contribution in [1.29, 1.82) is 0 Å². The highest BCUT2D eigenvalue weighted by atomic mass is 16.6. The molecule has 0 unspecified atom stereocenters. The van der Waals surface area contributed by atoms with Crippen LogP contribution in [0.25, 0.3) is 0 Å². The van der Waals surface area contributed by atoms with Crippen LogP contribution in [0.5, 0.6) is 17.2 Å². The number of fused-ring (bicyclic) bond motifs is 2. The molecule has 0 fully saturated rings. The van der Waals surface area contributed by atoms with Crippen molar-refractivity contribution in [3.05, 3.63) is 124 Å². The number of benzene rings is 4. The predicted molar refractivity (Wildman–Crippen MR) is 136 cm³/mol. The lowest BCUT2D eigenvalue weighted by atomic mass is 10.0. The van der Waals surface area contributed by atoms with Crippen molar-refractivity contribution < 1.29 is 33.4 Å². The molecule has 1 aliphatic heterocycles. The SMILES string of the molecule is O=C1CC(=O)c2cc(OCc3cccc(Cc4ccc(Oc5ccc6c(c5)C(=O)OC6=O)cc4)c3)ccc21. The lowest BCUT2D eigenvalue weighted by Gasteiger charge is -2.10. The van der Waals surface area contributed by atoms with E-state index in [-0.39, 0.29) is 29.1 Å². The van der Waals surface area contributed by atoms with Crippen LogP contribution in [0.1, 0.15) is 64.5 Å². The third kappa shape index (κ3) is 4.57.